The van der Waals surface area contributed by atoms with E-state index < -0.39 is 12.0 Å². The first kappa shape index (κ1) is 10.0. The van der Waals surface area contributed by atoms with Crippen LogP contribution in [-0.2, 0) is 16.6 Å². The van der Waals surface area contributed by atoms with E-state index in [9.17, 15) is 4.79 Å². The lowest BCUT2D eigenvalue weighted by Gasteiger charge is -2.08. The molecule has 0 bridgehead atoms. The van der Waals surface area contributed by atoms with E-state index in [1.807, 2.05) is 0 Å². The largest absolute Gasteiger partial charge is 0.468 e. The third-order valence-electron chi connectivity index (χ3n) is 1.70. The van der Waals surface area contributed by atoms with Crippen LogP contribution >= 0.6 is 11.6 Å². The highest BCUT2D eigenvalue weighted by Gasteiger charge is 2.21. The molecule has 0 saturated carbocycles. The Hall–Kier alpha value is -1.07. The van der Waals surface area contributed by atoms with E-state index in [0.717, 1.165) is 0 Å². The summed E-state index contributed by atoms with van der Waals surface area (Å²) in [5, 5.41) is 0.425. The van der Waals surface area contributed by atoms with Gasteiger partial charge in [0.25, 0.3) is 0 Å². The summed E-state index contributed by atoms with van der Waals surface area (Å²) >= 11 is 5.71. The summed E-state index contributed by atoms with van der Waals surface area (Å²) in [7, 11) is 2.94. The Labute approximate surface area is 80.4 Å². The van der Waals surface area contributed by atoms with E-state index in [1.165, 1.54) is 17.9 Å². The number of hydrogen-bond acceptors (Lipinski definition) is 4. The Morgan fingerprint density at radius 3 is 2.85 bits per heavy atom. The Morgan fingerprint density at radius 1 is 1.85 bits per heavy atom. The van der Waals surface area contributed by atoms with Gasteiger partial charge in [0.2, 0.25) is 0 Å². The zero-order chi connectivity index (χ0) is 10.0. The standard InChI is InChI=1S/C7H10ClN3O2/c1-11-4(8)3-10-6(11)5(9)7(12)13-2/h3,5H,9H2,1-2H3. The van der Waals surface area contributed by atoms with Crippen LogP contribution < -0.4 is 5.73 Å². The predicted molar refractivity (Wildman–Crippen MR) is 47.2 cm³/mol. The topological polar surface area (TPSA) is 70.1 Å². The molecule has 1 rings (SSSR count). The monoisotopic (exact) mass is 203 g/mol. The summed E-state index contributed by atoms with van der Waals surface area (Å²) in [6.07, 6.45) is 1.43. The van der Waals surface area contributed by atoms with E-state index in [0.29, 0.717) is 11.0 Å². The van der Waals surface area contributed by atoms with E-state index in [2.05, 4.69) is 9.72 Å². The molecule has 0 amide bonds. The van der Waals surface area contributed by atoms with Crippen molar-refractivity contribution in [1.29, 1.82) is 0 Å². The quantitative estimate of drug-likeness (QED) is 0.700. The van der Waals surface area contributed by atoms with Gasteiger partial charge in [-0.2, -0.15) is 0 Å². The van der Waals surface area contributed by atoms with E-state index in [1.54, 1.807) is 7.05 Å². The van der Waals surface area contributed by atoms with Gasteiger partial charge >= 0.3 is 5.97 Å². The zero-order valence-corrected chi connectivity index (χ0v) is 8.08. The van der Waals surface area contributed by atoms with Gasteiger partial charge in [0.05, 0.1) is 13.3 Å². The lowest BCUT2D eigenvalue weighted by Crippen LogP contribution is -2.25. The lowest BCUT2D eigenvalue weighted by atomic mass is 10.3. The van der Waals surface area contributed by atoms with Gasteiger partial charge in [-0.15, -0.1) is 0 Å². The van der Waals surface area contributed by atoms with Crippen molar-refractivity contribution >= 4 is 17.6 Å². The number of aromatic nitrogens is 2. The van der Waals surface area contributed by atoms with Gasteiger partial charge in [0, 0.05) is 7.05 Å². The molecule has 0 fully saturated rings. The SMILES string of the molecule is COC(=O)C(N)c1ncc(Cl)n1C. The van der Waals surface area contributed by atoms with Crippen molar-refractivity contribution in [2.75, 3.05) is 7.11 Å². The van der Waals surface area contributed by atoms with Crippen molar-refractivity contribution in [1.82, 2.24) is 9.55 Å². The van der Waals surface area contributed by atoms with Crippen LogP contribution in [0.4, 0.5) is 0 Å². The number of carbonyl (C=O) groups is 1. The normalized spacial score (nSPS) is 12.6. The maximum absolute atomic E-state index is 11.0. The minimum Gasteiger partial charge on any atom is -0.468 e. The minimum atomic E-state index is -0.887. The molecule has 1 unspecified atom stereocenters. The molecule has 72 valence electrons. The maximum atomic E-state index is 11.0. The molecule has 1 aromatic heterocycles. The molecule has 0 aliphatic carbocycles. The van der Waals surface area contributed by atoms with Crippen molar-refractivity contribution in [3.63, 3.8) is 0 Å². The second-order valence-corrected chi connectivity index (χ2v) is 2.89. The molecule has 0 aliphatic heterocycles. The average Bonchev–Trinajstić information content (AvgIpc) is 2.45. The number of hydrogen-bond donors (Lipinski definition) is 1. The van der Waals surface area contributed by atoms with Crippen molar-refractivity contribution < 1.29 is 9.53 Å². The van der Waals surface area contributed by atoms with Crippen molar-refractivity contribution in [2.45, 2.75) is 6.04 Å². The number of esters is 1. The van der Waals surface area contributed by atoms with Gasteiger partial charge in [-0.3, -0.25) is 0 Å². The highest BCUT2D eigenvalue weighted by atomic mass is 35.5. The van der Waals surface area contributed by atoms with Crippen LogP contribution in [0.2, 0.25) is 5.15 Å². The number of methoxy groups -OCH3 is 1. The number of carbonyl (C=O) groups excluding carboxylic acids is 1. The fourth-order valence-corrected chi connectivity index (χ4v) is 1.06. The third kappa shape index (κ3) is 1.81. The molecule has 13 heavy (non-hydrogen) atoms. The summed E-state index contributed by atoms with van der Waals surface area (Å²) in [5.41, 5.74) is 5.55. The van der Waals surface area contributed by atoms with Gasteiger partial charge in [-0.05, 0) is 0 Å². The molecule has 5 nitrogen and oxygen atoms in total. The van der Waals surface area contributed by atoms with Gasteiger partial charge in [0.1, 0.15) is 11.0 Å². The number of nitrogens with two attached hydrogens (primary N) is 1. The van der Waals surface area contributed by atoms with Crippen LogP contribution in [0.3, 0.4) is 0 Å². The smallest absolute Gasteiger partial charge is 0.330 e. The van der Waals surface area contributed by atoms with Crippen LogP contribution in [0.5, 0.6) is 0 Å². The first-order valence-electron chi connectivity index (χ1n) is 3.58. The number of nitrogens with zero attached hydrogens (tertiary/aromatic N) is 2. The Balaban J connectivity index is 2.95. The Kier molecular flexibility index (Phi) is 2.90. The van der Waals surface area contributed by atoms with Gasteiger partial charge in [-0.1, -0.05) is 11.6 Å². The van der Waals surface area contributed by atoms with E-state index in [-0.39, 0.29) is 0 Å². The number of imidazole rings is 1. The number of rotatable bonds is 2. The zero-order valence-electron chi connectivity index (χ0n) is 7.32. The first-order valence-corrected chi connectivity index (χ1v) is 3.96. The van der Waals surface area contributed by atoms with Crippen LogP contribution in [0.25, 0.3) is 0 Å². The van der Waals surface area contributed by atoms with Gasteiger partial charge < -0.3 is 15.0 Å². The molecule has 2 N–H and O–H groups in total. The molecule has 0 saturated heterocycles. The fraction of sp³-hybridized carbons (Fsp3) is 0.429. The van der Waals surface area contributed by atoms with Gasteiger partial charge in [-0.25, -0.2) is 9.78 Å². The third-order valence-corrected chi connectivity index (χ3v) is 2.05. The number of ether oxygens (including phenoxy) is 1. The minimum absolute atomic E-state index is 0.386. The van der Waals surface area contributed by atoms with E-state index >= 15 is 0 Å². The van der Waals surface area contributed by atoms with Crippen LogP contribution in [-0.4, -0.2) is 22.6 Å². The molecule has 0 radical (unpaired) electrons. The van der Waals surface area contributed by atoms with Crippen LogP contribution in [0, 0.1) is 0 Å². The maximum Gasteiger partial charge on any atom is 0.330 e. The summed E-state index contributed by atoms with van der Waals surface area (Å²) in [4.78, 5) is 14.9. The molecule has 0 aromatic carbocycles. The molecule has 6 heteroatoms. The lowest BCUT2D eigenvalue weighted by molar-refractivity contribution is -0.142. The predicted octanol–water partition coefficient (Wildman–Crippen LogP) is 0.246. The van der Waals surface area contributed by atoms with Gasteiger partial charge in [0.15, 0.2) is 6.04 Å². The molecule has 0 aliphatic rings. The number of halogens is 1. The summed E-state index contributed by atoms with van der Waals surface area (Å²) in [6, 6.07) is -0.887. The first-order chi connectivity index (χ1) is 6.07. The van der Waals surface area contributed by atoms with Crippen LogP contribution in [0.1, 0.15) is 11.9 Å². The Morgan fingerprint density at radius 2 is 2.46 bits per heavy atom. The molecular formula is C7H10ClN3O2. The van der Waals surface area contributed by atoms with E-state index in [4.69, 9.17) is 17.3 Å². The highest BCUT2D eigenvalue weighted by molar-refractivity contribution is 6.29. The fourth-order valence-electron chi connectivity index (χ4n) is 0.923. The molecule has 0 spiro atoms. The van der Waals surface area contributed by atoms with Crippen molar-refractivity contribution in [3.05, 3.63) is 17.2 Å². The summed E-state index contributed by atoms with van der Waals surface area (Å²) in [6.45, 7) is 0. The van der Waals surface area contributed by atoms with Crippen LogP contribution in [0.15, 0.2) is 6.20 Å². The summed E-state index contributed by atoms with van der Waals surface area (Å²) < 4.78 is 6.00. The Bertz CT molecular complexity index is 324. The summed E-state index contributed by atoms with van der Waals surface area (Å²) in [5.74, 6) is -0.151. The second-order valence-electron chi connectivity index (χ2n) is 2.50. The van der Waals surface area contributed by atoms with Crippen molar-refractivity contribution in [3.8, 4) is 0 Å². The second kappa shape index (κ2) is 3.76. The molecular weight excluding hydrogens is 194 g/mol. The molecule has 1 aromatic rings. The average molecular weight is 204 g/mol. The molecule has 1 atom stereocenters. The molecule has 1 heterocycles. The highest BCUT2D eigenvalue weighted by Crippen LogP contribution is 2.14. The van der Waals surface area contributed by atoms with Crippen molar-refractivity contribution in [2.24, 2.45) is 12.8 Å².